The lowest BCUT2D eigenvalue weighted by Gasteiger charge is -2.32. The van der Waals surface area contributed by atoms with Gasteiger partial charge in [-0.05, 0) is 32.8 Å². The highest BCUT2D eigenvalue weighted by atomic mass is 16.3. The Hall–Kier alpha value is -3.16. The van der Waals surface area contributed by atoms with Crippen molar-refractivity contribution in [1.29, 1.82) is 0 Å². The normalized spacial score (nSPS) is 17.3. The molecule has 0 bridgehead atoms. The minimum atomic E-state index is -0.143. The van der Waals surface area contributed by atoms with E-state index in [1.54, 1.807) is 18.6 Å². The van der Waals surface area contributed by atoms with Crippen LogP contribution in [0.4, 0.5) is 5.82 Å². The standard InChI is InChI=1S/C19H22N6O2/c1-11-12(2)23-18(22-11)13-4-3-6-25(9-13)19(26)15-8-21-17(24-16(15)20)14-5-7-27-10-14/h5,7-8,10,13H,3-4,6,9H2,1-2H3,(H,22,23)(H2,20,21,24). The van der Waals surface area contributed by atoms with Gasteiger partial charge in [0, 0.05) is 30.9 Å². The predicted molar refractivity (Wildman–Crippen MR) is 100 cm³/mol. The maximum atomic E-state index is 13.0. The number of aryl methyl sites for hydroxylation is 2. The number of nitrogens with one attached hydrogen (secondary N) is 1. The fourth-order valence-corrected chi connectivity index (χ4v) is 3.41. The first kappa shape index (κ1) is 17.3. The van der Waals surface area contributed by atoms with E-state index in [4.69, 9.17) is 10.2 Å². The van der Waals surface area contributed by atoms with Crippen molar-refractivity contribution in [1.82, 2.24) is 24.8 Å². The monoisotopic (exact) mass is 366 g/mol. The van der Waals surface area contributed by atoms with E-state index in [0.717, 1.165) is 35.6 Å². The highest BCUT2D eigenvalue weighted by molar-refractivity contribution is 5.98. The number of aromatic amines is 1. The number of imidazole rings is 1. The second-order valence-electron chi connectivity index (χ2n) is 6.93. The molecule has 4 heterocycles. The summed E-state index contributed by atoms with van der Waals surface area (Å²) in [6.07, 6.45) is 6.50. The summed E-state index contributed by atoms with van der Waals surface area (Å²) in [5.41, 5.74) is 9.18. The molecule has 140 valence electrons. The van der Waals surface area contributed by atoms with Crippen molar-refractivity contribution in [3.8, 4) is 11.4 Å². The third-order valence-electron chi connectivity index (χ3n) is 5.07. The number of rotatable bonds is 3. The summed E-state index contributed by atoms with van der Waals surface area (Å²) in [5.74, 6) is 1.62. The van der Waals surface area contributed by atoms with E-state index in [1.807, 2.05) is 18.7 Å². The largest absolute Gasteiger partial charge is 0.472 e. The number of amides is 1. The first-order valence-corrected chi connectivity index (χ1v) is 9.00. The van der Waals surface area contributed by atoms with Crippen LogP contribution < -0.4 is 5.73 Å². The zero-order chi connectivity index (χ0) is 19.0. The zero-order valence-electron chi connectivity index (χ0n) is 15.4. The van der Waals surface area contributed by atoms with E-state index >= 15 is 0 Å². The molecule has 27 heavy (non-hydrogen) atoms. The highest BCUT2D eigenvalue weighted by Crippen LogP contribution is 2.27. The van der Waals surface area contributed by atoms with Crippen molar-refractivity contribution in [2.45, 2.75) is 32.6 Å². The molecule has 4 rings (SSSR count). The number of anilines is 1. The molecule has 3 aromatic heterocycles. The van der Waals surface area contributed by atoms with Crippen molar-refractivity contribution in [3.05, 3.63) is 47.6 Å². The number of aromatic nitrogens is 4. The average molecular weight is 366 g/mol. The zero-order valence-corrected chi connectivity index (χ0v) is 15.4. The molecule has 0 aromatic carbocycles. The van der Waals surface area contributed by atoms with Gasteiger partial charge in [-0.2, -0.15) is 0 Å². The molecule has 0 saturated carbocycles. The third-order valence-corrected chi connectivity index (χ3v) is 5.07. The van der Waals surface area contributed by atoms with Gasteiger partial charge in [-0.15, -0.1) is 0 Å². The second kappa shape index (κ2) is 6.86. The molecule has 1 aliphatic rings. The molecule has 1 aliphatic heterocycles. The molecule has 8 nitrogen and oxygen atoms in total. The SMILES string of the molecule is Cc1nc(C2CCCN(C(=O)c3cnc(-c4ccoc4)nc3N)C2)[nH]c1C. The Balaban J connectivity index is 1.53. The lowest BCUT2D eigenvalue weighted by molar-refractivity contribution is 0.0705. The summed E-state index contributed by atoms with van der Waals surface area (Å²) in [7, 11) is 0. The number of H-pyrrole nitrogens is 1. The Labute approximate surface area is 156 Å². The van der Waals surface area contributed by atoms with Crippen molar-refractivity contribution in [2.75, 3.05) is 18.8 Å². The Bertz CT molecular complexity index is 943. The third kappa shape index (κ3) is 3.30. The smallest absolute Gasteiger partial charge is 0.259 e. The Morgan fingerprint density at radius 2 is 2.22 bits per heavy atom. The van der Waals surface area contributed by atoms with Crippen LogP contribution >= 0.6 is 0 Å². The molecule has 0 aliphatic carbocycles. The second-order valence-corrected chi connectivity index (χ2v) is 6.93. The molecule has 1 unspecified atom stereocenters. The van der Waals surface area contributed by atoms with Crippen LogP contribution in [0.5, 0.6) is 0 Å². The van der Waals surface area contributed by atoms with Crippen LogP contribution in [0.3, 0.4) is 0 Å². The highest BCUT2D eigenvalue weighted by Gasteiger charge is 2.29. The molecule has 0 spiro atoms. The van der Waals surface area contributed by atoms with Crippen molar-refractivity contribution in [3.63, 3.8) is 0 Å². The molecule has 1 saturated heterocycles. The van der Waals surface area contributed by atoms with Crippen LogP contribution in [0.15, 0.2) is 29.2 Å². The maximum absolute atomic E-state index is 13.0. The molecular weight excluding hydrogens is 344 g/mol. The fourth-order valence-electron chi connectivity index (χ4n) is 3.41. The molecule has 1 atom stereocenters. The topological polar surface area (TPSA) is 114 Å². The lowest BCUT2D eigenvalue weighted by atomic mass is 9.97. The minimum absolute atomic E-state index is 0.143. The molecule has 3 aromatic rings. The first-order chi connectivity index (χ1) is 13.0. The maximum Gasteiger partial charge on any atom is 0.259 e. The van der Waals surface area contributed by atoms with Crippen LogP contribution in [0.25, 0.3) is 11.4 Å². The molecule has 3 N–H and O–H groups in total. The molecule has 1 fully saturated rings. The van der Waals surface area contributed by atoms with E-state index < -0.39 is 0 Å². The van der Waals surface area contributed by atoms with Crippen molar-refractivity contribution < 1.29 is 9.21 Å². The first-order valence-electron chi connectivity index (χ1n) is 9.00. The summed E-state index contributed by atoms with van der Waals surface area (Å²) < 4.78 is 5.04. The quantitative estimate of drug-likeness (QED) is 0.736. The summed E-state index contributed by atoms with van der Waals surface area (Å²) in [4.78, 5) is 31.3. The number of piperidine rings is 1. The van der Waals surface area contributed by atoms with Crippen LogP contribution in [0.2, 0.25) is 0 Å². The summed E-state index contributed by atoms with van der Waals surface area (Å²) >= 11 is 0. The number of furan rings is 1. The van der Waals surface area contributed by atoms with Gasteiger partial charge in [-0.3, -0.25) is 4.79 Å². The number of nitrogens with zero attached hydrogens (tertiary/aromatic N) is 4. The van der Waals surface area contributed by atoms with E-state index in [0.29, 0.717) is 24.5 Å². The van der Waals surface area contributed by atoms with Crippen LogP contribution in [0, 0.1) is 13.8 Å². The van der Waals surface area contributed by atoms with E-state index in [2.05, 4.69) is 19.9 Å². The van der Waals surface area contributed by atoms with Gasteiger partial charge < -0.3 is 20.0 Å². The Morgan fingerprint density at radius 3 is 2.89 bits per heavy atom. The minimum Gasteiger partial charge on any atom is -0.472 e. The molecule has 1 amide bonds. The number of hydrogen-bond acceptors (Lipinski definition) is 6. The van der Waals surface area contributed by atoms with Crippen LogP contribution in [-0.4, -0.2) is 43.8 Å². The average Bonchev–Trinajstić information content (AvgIpc) is 3.32. The molecule has 8 heteroatoms. The Morgan fingerprint density at radius 1 is 1.37 bits per heavy atom. The van der Waals surface area contributed by atoms with Gasteiger partial charge in [0.05, 0.1) is 17.5 Å². The van der Waals surface area contributed by atoms with Crippen molar-refractivity contribution >= 4 is 11.7 Å². The van der Waals surface area contributed by atoms with Gasteiger partial charge in [0.1, 0.15) is 23.5 Å². The number of nitrogens with two attached hydrogens (primary N) is 1. The van der Waals surface area contributed by atoms with Crippen molar-refractivity contribution in [2.24, 2.45) is 0 Å². The Kier molecular flexibility index (Phi) is 4.39. The van der Waals surface area contributed by atoms with Gasteiger partial charge in [0.2, 0.25) is 0 Å². The van der Waals surface area contributed by atoms with Gasteiger partial charge in [0.15, 0.2) is 5.82 Å². The fraction of sp³-hybridized carbons (Fsp3) is 0.368. The van der Waals surface area contributed by atoms with E-state index in [-0.39, 0.29) is 17.6 Å². The number of nitrogen functional groups attached to an aromatic ring is 1. The van der Waals surface area contributed by atoms with E-state index in [1.165, 1.54) is 6.20 Å². The number of hydrogen-bond donors (Lipinski definition) is 2. The number of carbonyl (C=O) groups is 1. The van der Waals surface area contributed by atoms with Gasteiger partial charge in [0.25, 0.3) is 5.91 Å². The number of carbonyl (C=O) groups excluding carboxylic acids is 1. The summed E-state index contributed by atoms with van der Waals surface area (Å²) in [5, 5.41) is 0. The summed E-state index contributed by atoms with van der Waals surface area (Å²) in [6, 6.07) is 1.75. The van der Waals surface area contributed by atoms with Crippen LogP contribution in [0.1, 0.15) is 46.3 Å². The van der Waals surface area contributed by atoms with Crippen LogP contribution in [-0.2, 0) is 0 Å². The molecular formula is C19H22N6O2. The lowest BCUT2D eigenvalue weighted by Crippen LogP contribution is -2.39. The van der Waals surface area contributed by atoms with Gasteiger partial charge in [-0.25, -0.2) is 15.0 Å². The van der Waals surface area contributed by atoms with Gasteiger partial charge in [-0.1, -0.05) is 0 Å². The van der Waals surface area contributed by atoms with Gasteiger partial charge >= 0.3 is 0 Å². The van der Waals surface area contributed by atoms with E-state index in [9.17, 15) is 4.79 Å². The molecule has 0 radical (unpaired) electrons. The predicted octanol–water partition coefficient (Wildman–Crippen LogP) is 2.68. The number of likely N-dealkylation sites (tertiary alicyclic amines) is 1. The summed E-state index contributed by atoms with van der Waals surface area (Å²) in [6.45, 7) is 5.29.